The van der Waals surface area contributed by atoms with Gasteiger partial charge in [-0.1, -0.05) is 0 Å². The summed E-state index contributed by atoms with van der Waals surface area (Å²) in [6.07, 6.45) is -0.633. The average Bonchev–Trinajstić information content (AvgIpc) is 2.38. The second kappa shape index (κ2) is 7.11. The van der Waals surface area contributed by atoms with E-state index in [1.807, 2.05) is 18.2 Å². The highest BCUT2D eigenvalue weighted by atomic mass is 16.5. The maximum absolute atomic E-state index is 9.26. The number of methoxy groups -OCH3 is 2. The van der Waals surface area contributed by atoms with E-state index >= 15 is 0 Å². The predicted molar refractivity (Wildman–Crippen MR) is 64.3 cm³/mol. The number of hydrogen-bond donors (Lipinski definition) is 2. The summed E-state index contributed by atoms with van der Waals surface area (Å²) in [6, 6.07) is 5.47. The molecule has 0 aromatic heterocycles. The Kier molecular flexibility index (Phi) is 5.76. The molecule has 3 N–H and O–H groups in total. The number of aliphatic hydroxyl groups excluding tert-OH is 1. The van der Waals surface area contributed by atoms with E-state index in [-0.39, 0.29) is 13.2 Å². The van der Waals surface area contributed by atoms with E-state index in [0.717, 1.165) is 17.1 Å². The zero-order valence-corrected chi connectivity index (χ0v) is 10.2. The Morgan fingerprint density at radius 3 is 2.65 bits per heavy atom. The topological polar surface area (TPSA) is 73.9 Å². The van der Waals surface area contributed by atoms with Gasteiger partial charge in [0.05, 0.1) is 33.5 Å². The van der Waals surface area contributed by atoms with Gasteiger partial charge in [-0.15, -0.1) is 0 Å². The number of hydrogen-bond acceptors (Lipinski definition) is 5. The van der Waals surface area contributed by atoms with E-state index in [0.29, 0.717) is 6.61 Å². The molecule has 0 bridgehead atoms. The molecular formula is C12H19NO4. The van der Waals surface area contributed by atoms with Crippen LogP contribution in [0, 0.1) is 0 Å². The zero-order valence-electron chi connectivity index (χ0n) is 10.2. The molecule has 0 saturated carbocycles. The lowest BCUT2D eigenvalue weighted by Gasteiger charge is -2.12. The molecule has 96 valence electrons. The van der Waals surface area contributed by atoms with Crippen LogP contribution in [0.5, 0.6) is 11.5 Å². The molecule has 0 saturated heterocycles. The second-order valence-corrected chi connectivity index (χ2v) is 3.58. The van der Waals surface area contributed by atoms with E-state index < -0.39 is 6.10 Å². The van der Waals surface area contributed by atoms with E-state index in [4.69, 9.17) is 19.9 Å². The fraction of sp³-hybridized carbons (Fsp3) is 0.500. The largest absolute Gasteiger partial charge is 0.497 e. The third kappa shape index (κ3) is 4.22. The summed E-state index contributed by atoms with van der Waals surface area (Å²) in [5.41, 5.74) is 6.15. The van der Waals surface area contributed by atoms with Gasteiger partial charge in [-0.2, -0.15) is 0 Å². The molecule has 1 unspecified atom stereocenters. The first-order valence-corrected chi connectivity index (χ1v) is 5.38. The first-order chi connectivity index (χ1) is 8.21. The highest BCUT2D eigenvalue weighted by molar-refractivity contribution is 5.39. The molecule has 0 spiro atoms. The highest BCUT2D eigenvalue weighted by Crippen LogP contribution is 2.24. The number of nitrogens with two attached hydrogens (primary N) is 1. The van der Waals surface area contributed by atoms with Crippen molar-refractivity contribution in [1.29, 1.82) is 0 Å². The molecule has 0 aliphatic heterocycles. The molecule has 5 heteroatoms. The Morgan fingerprint density at radius 1 is 1.29 bits per heavy atom. The number of ether oxygens (including phenoxy) is 3. The predicted octanol–water partition coefficient (Wildman–Crippen LogP) is 0.540. The highest BCUT2D eigenvalue weighted by Gasteiger charge is 2.07. The first-order valence-electron chi connectivity index (χ1n) is 5.38. The van der Waals surface area contributed by atoms with E-state index in [2.05, 4.69) is 0 Å². The SMILES string of the molecule is COc1ccc(OC)c(COCC(O)CN)c1. The lowest BCUT2D eigenvalue weighted by atomic mass is 10.2. The van der Waals surface area contributed by atoms with Crippen molar-refractivity contribution in [3.63, 3.8) is 0 Å². The molecule has 1 aromatic rings. The van der Waals surface area contributed by atoms with Crippen molar-refractivity contribution in [2.75, 3.05) is 27.4 Å². The fourth-order valence-electron chi connectivity index (χ4n) is 1.37. The summed E-state index contributed by atoms with van der Waals surface area (Å²) in [5.74, 6) is 1.47. The molecule has 1 aromatic carbocycles. The summed E-state index contributed by atoms with van der Waals surface area (Å²) < 4.78 is 15.7. The van der Waals surface area contributed by atoms with E-state index in [1.54, 1.807) is 14.2 Å². The van der Waals surface area contributed by atoms with Crippen LogP contribution in [-0.2, 0) is 11.3 Å². The molecule has 17 heavy (non-hydrogen) atoms. The minimum atomic E-state index is -0.633. The molecule has 1 rings (SSSR count). The van der Waals surface area contributed by atoms with E-state index in [1.165, 1.54) is 0 Å². The molecule has 0 amide bonds. The zero-order chi connectivity index (χ0) is 12.7. The van der Waals surface area contributed by atoms with Gasteiger partial charge in [-0.25, -0.2) is 0 Å². The van der Waals surface area contributed by atoms with Crippen LogP contribution < -0.4 is 15.2 Å². The standard InChI is InChI=1S/C12H19NO4/c1-15-11-3-4-12(16-2)9(5-11)7-17-8-10(14)6-13/h3-5,10,14H,6-8,13H2,1-2H3. The van der Waals surface area contributed by atoms with Gasteiger partial charge < -0.3 is 25.1 Å². The molecular weight excluding hydrogens is 222 g/mol. The van der Waals surface area contributed by atoms with Gasteiger partial charge >= 0.3 is 0 Å². The quantitative estimate of drug-likeness (QED) is 0.729. The van der Waals surface area contributed by atoms with Gasteiger partial charge in [0.2, 0.25) is 0 Å². The summed E-state index contributed by atoms with van der Waals surface area (Å²) in [4.78, 5) is 0. The van der Waals surface area contributed by atoms with Crippen molar-refractivity contribution in [3.05, 3.63) is 23.8 Å². The van der Waals surface area contributed by atoms with Gasteiger partial charge in [0.15, 0.2) is 0 Å². The van der Waals surface area contributed by atoms with E-state index in [9.17, 15) is 5.11 Å². The lowest BCUT2D eigenvalue weighted by Crippen LogP contribution is -2.25. The fourth-order valence-corrected chi connectivity index (χ4v) is 1.37. The summed E-state index contributed by atoms with van der Waals surface area (Å²) in [6.45, 7) is 0.740. The molecule has 0 aliphatic rings. The first kappa shape index (κ1) is 13.8. The maximum atomic E-state index is 9.26. The summed E-state index contributed by atoms with van der Waals surface area (Å²) in [5, 5.41) is 9.26. The lowest BCUT2D eigenvalue weighted by molar-refractivity contribution is 0.0321. The average molecular weight is 241 g/mol. The number of benzene rings is 1. The third-order valence-corrected chi connectivity index (χ3v) is 2.33. The molecule has 0 radical (unpaired) electrons. The Balaban J connectivity index is 2.61. The molecule has 0 aliphatic carbocycles. The minimum absolute atomic E-state index is 0.190. The summed E-state index contributed by atoms with van der Waals surface area (Å²) >= 11 is 0. The number of aliphatic hydroxyl groups is 1. The van der Waals surface area contributed by atoms with Crippen molar-refractivity contribution in [3.8, 4) is 11.5 Å². The Labute approximate surface area is 101 Å². The Hall–Kier alpha value is -1.30. The molecule has 0 heterocycles. The van der Waals surface area contributed by atoms with Gasteiger partial charge in [0, 0.05) is 12.1 Å². The van der Waals surface area contributed by atoms with Crippen molar-refractivity contribution in [2.45, 2.75) is 12.7 Å². The van der Waals surface area contributed by atoms with Crippen molar-refractivity contribution < 1.29 is 19.3 Å². The smallest absolute Gasteiger partial charge is 0.124 e. The van der Waals surface area contributed by atoms with Crippen LogP contribution in [0.25, 0.3) is 0 Å². The van der Waals surface area contributed by atoms with Crippen molar-refractivity contribution in [2.24, 2.45) is 5.73 Å². The van der Waals surface area contributed by atoms with Gasteiger partial charge in [-0.3, -0.25) is 0 Å². The van der Waals surface area contributed by atoms with Gasteiger partial charge in [0.1, 0.15) is 11.5 Å². The second-order valence-electron chi connectivity index (χ2n) is 3.58. The molecule has 5 nitrogen and oxygen atoms in total. The van der Waals surface area contributed by atoms with Crippen LogP contribution in [0.3, 0.4) is 0 Å². The van der Waals surface area contributed by atoms with Crippen LogP contribution in [0.1, 0.15) is 5.56 Å². The van der Waals surface area contributed by atoms with Gasteiger partial charge in [-0.05, 0) is 18.2 Å². The van der Waals surface area contributed by atoms with Crippen LogP contribution in [-0.4, -0.2) is 38.6 Å². The Bertz CT molecular complexity index is 343. The van der Waals surface area contributed by atoms with Crippen LogP contribution in [0.15, 0.2) is 18.2 Å². The van der Waals surface area contributed by atoms with Crippen molar-refractivity contribution >= 4 is 0 Å². The Morgan fingerprint density at radius 2 is 2.06 bits per heavy atom. The minimum Gasteiger partial charge on any atom is -0.497 e. The maximum Gasteiger partial charge on any atom is 0.124 e. The van der Waals surface area contributed by atoms with Crippen LogP contribution in [0.4, 0.5) is 0 Å². The number of rotatable bonds is 7. The van der Waals surface area contributed by atoms with Crippen LogP contribution in [0.2, 0.25) is 0 Å². The summed E-state index contributed by atoms with van der Waals surface area (Å²) in [7, 11) is 3.20. The monoisotopic (exact) mass is 241 g/mol. The molecule has 0 fully saturated rings. The van der Waals surface area contributed by atoms with Gasteiger partial charge in [0.25, 0.3) is 0 Å². The van der Waals surface area contributed by atoms with Crippen molar-refractivity contribution in [1.82, 2.24) is 0 Å². The normalized spacial score (nSPS) is 12.2. The third-order valence-electron chi connectivity index (χ3n) is 2.33. The molecule has 1 atom stereocenters. The van der Waals surface area contributed by atoms with Crippen LogP contribution >= 0.6 is 0 Å².